The highest BCUT2D eigenvalue weighted by Gasteiger charge is 2.15. The lowest BCUT2D eigenvalue weighted by Crippen LogP contribution is -2.33. The molecule has 0 aliphatic heterocycles. The van der Waals surface area contributed by atoms with Crippen LogP contribution in [0.3, 0.4) is 0 Å². The quantitative estimate of drug-likeness (QED) is 0.372. The number of rotatable bonds is 14. The van der Waals surface area contributed by atoms with E-state index >= 15 is 0 Å². The van der Waals surface area contributed by atoms with Crippen molar-refractivity contribution in [2.75, 3.05) is 52.8 Å². The van der Waals surface area contributed by atoms with Gasteiger partial charge >= 0.3 is 12.1 Å². The standard InChI is InChI=1S/C17H33NO7/c1-5-24-15(19)14-23-13-12-22-11-10-21-9-7-6-8-18-16(20)25-17(2,3)4/h5-14H2,1-4H3,(H,18,20). The Morgan fingerprint density at radius 1 is 0.880 bits per heavy atom. The third-order valence-corrected chi connectivity index (χ3v) is 2.65. The molecular weight excluding hydrogens is 330 g/mol. The molecule has 0 aromatic carbocycles. The largest absolute Gasteiger partial charge is 0.464 e. The summed E-state index contributed by atoms with van der Waals surface area (Å²) in [5.74, 6) is -0.369. The second kappa shape index (κ2) is 14.9. The minimum atomic E-state index is -0.475. The van der Waals surface area contributed by atoms with Crippen LogP contribution in [-0.2, 0) is 28.5 Å². The highest BCUT2D eigenvalue weighted by atomic mass is 16.6. The van der Waals surface area contributed by atoms with Crippen LogP contribution in [0.5, 0.6) is 0 Å². The molecule has 0 heterocycles. The van der Waals surface area contributed by atoms with Gasteiger partial charge in [0.05, 0.1) is 33.0 Å². The van der Waals surface area contributed by atoms with Crippen molar-refractivity contribution in [1.29, 1.82) is 0 Å². The number of alkyl carbamates (subject to hydrolysis) is 1. The summed E-state index contributed by atoms with van der Waals surface area (Å²) in [5, 5.41) is 2.70. The summed E-state index contributed by atoms with van der Waals surface area (Å²) < 4.78 is 25.7. The molecule has 25 heavy (non-hydrogen) atoms. The highest BCUT2D eigenvalue weighted by Crippen LogP contribution is 2.06. The molecule has 0 rings (SSSR count). The molecule has 0 radical (unpaired) electrons. The van der Waals surface area contributed by atoms with Crippen LogP contribution in [0.4, 0.5) is 4.79 Å². The summed E-state index contributed by atoms with van der Waals surface area (Å²) in [5.41, 5.74) is -0.475. The fourth-order valence-corrected chi connectivity index (χ4v) is 1.63. The van der Waals surface area contributed by atoms with E-state index < -0.39 is 11.7 Å². The van der Waals surface area contributed by atoms with Gasteiger partial charge in [0.1, 0.15) is 12.2 Å². The Morgan fingerprint density at radius 3 is 2.08 bits per heavy atom. The van der Waals surface area contributed by atoms with Gasteiger partial charge in [-0.25, -0.2) is 9.59 Å². The summed E-state index contributed by atoms with van der Waals surface area (Å²) in [6.07, 6.45) is 1.27. The van der Waals surface area contributed by atoms with Crippen LogP contribution < -0.4 is 5.32 Å². The predicted molar refractivity (Wildman–Crippen MR) is 92.6 cm³/mol. The van der Waals surface area contributed by atoms with Crippen molar-refractivity contribution >= 4 is 12.1 Å². The number of esters is 1. The van der Waals surface area contributed by atoms with Gasteiger partial charge in [0.25, 0.3) is 0 Å². The average molecular weight is 363 g/mol. The molecule has 1 N–H and O–H groups in total. The van der Waals surface area contributed by atoms with E-state index in [-0.39, 0.29) is 12.6 Å². The Bertz CT molecular complexity index is 355. The van der Waals surface area contributed by atoms with Crippen LogP contribution in [0.25, 0.3) is 0 Å². The van der Waals surface area contributed by atoms with E-state index in [1.807, 2.05) is 20.8 Å². The van der Waals surface area contributed by atoms with Gasteiger partial charge in [-0.1, -0.05) is 0 Å². The third kappa shape index (κ3) is 18.8. The van der Waals surface area contributed by atoms with Crippen LogP contribution in [0.2, 0.25) is 0 Å². The van der Waals surface area contributed by atoms with Gasteiger partial charge in [-0.2, -0.15) is 0 Å². The number of ether oxygens (including phenoxy) is 5. The first-order valence-corrected chi connectivity index (χ1v) is 8.71. The van der Waals surface area contributed by atoms with Crippen molar-refractivity contribution < 1.29 is 33.3 Å². The number of hydrogen-bond donors (Lipinski definition) is 1. The molecule has 0 aliphatic carbocycles. The number of carbonyl (C=O) groups is 2. The summed E-state index contributed by atoms with van der Waals surface area (Å²) in [6.45, 7) is 10.4. The molecule has 0 aromatic heterocycles. The lowest BCUT2D eigenvalue weighted by Gasteiger charge is -2.19. The molecule has 0 saturated heterocycles. The molecule has 0 bridgehead atoms. The van der Waals surface area contributed by atoms with Gasteiger partial charge < -0.3 is 29.0 Å². The van der Waals surface area contributed by atoms with E-state index in [1.165, 1.54) is 0 Å². The molecule has 8 heteroatoms. The van der Waals surface area contributed by atoms with Crippen LogP contribution in [0, 0.1) is 0 Å². The molecule has 1 amide bonds. The van der Waals surface area contributed by atoms with Crippen molar-refractivity contribution in [1.82, 2.24) is 5.32 Å². The summed E-state index contributed by atoms with van der Waals surface area (Å²) >= 11 is 0. The average Bonchev–Trinajstić information content (AvgIpc) is 2.50. The Morgan fingerprint density at radius 2 is 1.48 bits per heavy atom. The van der Waals surface area contributed by atoms with Crippen molar-refractivity contribution in [2.45, 2.75) is 46.1 Å². The van der Waals surface area contributed by atoms with Crippen LogP contribution in [-0.4, -0.2) is 70.5 Å². The molecule has 0 atom stereocenters. The number of hydrogen-bond acceptors (Lipinski definition) is 7. The topological polar surface area (TPSA) is 92.3 Å². The predicted octanol–water partition coefficient (Wildman–Crippen LogP) is 1.90. The van der Waals surface area contributed by atoms with Gasteiger partial charge in [0.2, 0.25) is 0 Å². The second-order valence-corrected chi connectivity index (χ2v) is 6.22. The van der Waals surface area contributed by atoms with Gasteiger partial charge in [-0.3, -0.25) is 0 Å². The molecule has 0 unspecified atom stereocenters. The second-order valence-electron chi connectivity index (χ2n) is 6.22. The summed E-state index contributed by atoms with van der Waals surface area (Å²) in [7, 11) is 0. The van der Waals surface area contributed by atoms with Gasteiger partial charge in [0, 0.05) is 13.2 Å². The molecule has 0 saturated carbocycles. The zero-order valence-electron chi connectivity index (χ0n) is 15.9. The fourth-order valence-electron chi connectivity index (χ4n) is 1.63. The van der Waals surface area contributed by atoms with Crippen LogP contribution in [0.15, 0.2) is 0 Å². The first-order chi connectivity index (χ1) is 11.8. The van der Waals surface area contributed by atoms with Crippen molar-refractivity contribution in [3.63, 3.8) is 0 Å². The van der Waals surface area contributed by atoms with Gasteiger partial charge in [-0.15, -0.1) is 0 Å². The van der Waals surface area contributed by atoms with Gasteiger partial charge in [0.15, 0.2) is 0 Å². The van der Waals surface area contributed by atoms with Crippen molar-refractivity contribution in [2.24, 2.45) is 0 Å². The van der Waals surface area contributed by atoms with Crippen molar-refractivity contribution in [3.8, 4) is 0 Å². The third-order valence-electron chi connectivity index (χ3n) is 2.65. The van der Waals surface area contributed by atoms with E-state index in [0.717, 1.165) is 12.8 Å². The lowest BCUT2D eigenvalue weighted by molar-refractivity contribution is -0.149. The normalized spacial score (nSPS) is 11.2. The fraction of sp³-hybridized carbons (Fsp3) is 0.882. The summed E-state index contributed by atoms with van der Waals surface area (Å²) in [4.78, 5) is 22.4. The minimum absolute atomic E-state index is 0.0506. The van der Waals surface area contributed by atoms with E-state index in [4.69, 9.17) is 23.7 Å². The first kappa shape index (κ1) is 23.6. The molecule has 148 valence electrons. The Balaban J connectivity index is 3.22. The van der Waals surface area contributed by atoms with Crippen LogP contribution in [0.1, 0.15) is 40.5 Å². The molecule has 0 aliphatic rings. The van der Waals surface area contributed by atoms with E-state index in [2.05, 4.69) is 5.32 Å². The number of carbonyl (C=O) groups excluding carboxylic acids is 2. The van der Waals surface area contributed by atoms with Crippen LogP contribution >= 0.6 is 0 Å². The zero-order valence-corrected chi connectivity index (χ0v) is 15.9. The molecule has 0 aromatic rings. The summed E-state index contributed by atoms with van der Waals surface area (Å²) in [6, 6.07) is 0. The SMILES string of the molecule is CCOC(=O)COCCOCCOCCCCNC(=O)OC(C)(C)C. The van der Waals surface area contributed by atoms with Crippen molar-refractivity contribution in [3.05, 3.63) is 0 Å². The molecule has 0 fully saturated rings. The maximum Gasteiger partial charge on any atom is 0.407 e. The number of amides is 1. The number of nitrogens with one attached hydrogen (secondary N) is 1. The van der Waals surface area contributed by atoms with E-state index in [9.17, 15) is 9.59 Å². The zero-order chi connectivity index (χ0) is 19.0. The van der Waals surface area contributed by atoms with Gasteiger partial charge in [-0.05, 0) is 40.5 Å². The maximum atomic E-state index is 11.4. The Labute approximate surface area is 150 Å². The molecule has 0 spiro atoms. The number of unbranched alkanes of at least 4 members (excludes halogenated alkanes) is 1. The lowest BCUT2D eigenvalue weighted by atomic mass is 10.2. The Kier molecular flexibility index (Phi) is 14.1. The monoisotopic (exact) mass is 363 g/mol. The highest BCUT2D eigenvalue weighted by molar-refractivity contribution is 5.70. The maximum absolute atomic E-state index is 11.4. The van der Waals surface area contributed by atoms with E-state index in [0.29, 0.717) is 46.2 Å². The minimum Gasteiger partial charge on any atom is -0.464 e. The van der Waals surface area contributed by atoms with E-state index in [1.54, 1.807) is 6.92 Å². The first-order valence-electron chi connectivity index (χ1n) is 8.71. The molecular formula is C17H33NO7. The molecule has 8 nitrogen and oxygen atoms in total. The smallest absolute Gasteiger partial charge is 0.407 e. The Hall–Kier alpha value is -1.38.